The zero-order valence-corrected chi connectivity index (χ0v) is 20.8. The predicted molar refractivity (Wildman–Crippen MR) is 127 cm³/mol. The van der Waals surface area contributed by atoms with Crippen molar-refractivity contribution in [2.24, 2.45) is 17.8 Å². The molecule has 3 N–H and O–H groups in total. The highest BCUT2D eigenvalue weighted by atomic mass is 35.5. The summed E-state index contributed by atoms with van der Waals surface area (Å²) in [5.41, 5.74) is -0.332. The summed E-state index contributed by atoms with van der Waals surface area (Å²) in [6.45, 7) is 0.379. The Hall–Kier alpha value is -3.33. The Kier molecular flexibility index (Phi) is 6.75. The van der Waals surface area contributed by atoms with Crippen molar-refractivity contribution in [3.8, 4) is 6.07 Å². The summed E-state index contributed by atoms with van der Waals surface area (Å²) in [5, 5.41) is 14.3. The minimum atomic E-state index is -3.01. The number of nitrogens with zero attached hydrogens (tertiary/aromatic N) is 2. The van der Waals surface area contributed by atoms with Crippen LogP contribution in [0.15, 0.2) is 12.1 Å². The average molecular weight is 554 g/mol. The van der Waals surface area contributed by atoms with Gasteiger partial charge in [0.05, 0.1) is 11.6 Å². The van der Waals surface area contributed by atoms with Crippen LogP contribution in [0.1, 0.15) is 42.6 Å². The molecule has 2 aromatic rings. The van der Waals surface area contributed by atoms with Crippen molar-refractivity contribution in [2.45, 2.75) is 50.1 Å². The van der Waals surface area contributed by atoms with Crippen LogP contribution in [0.4, 0.5) is 17.6 Å². The van der Waals surface area contributed by atoms with Gasteiger partial charge in [0.25, 0.3) is 5.91 Å². The van der Waals surface area contributed by atoms with E-state index in [9.17, 15) is 37.2 Å². The molecular weight excluding hydrogens is 530 g/mol. The average Bonchev–Trinajstić information content (AvgIpc) is 3.53. The number of hydrogen-bond acceptors (Lipinski definition) is 4. The van der Waals surface area contributed by atoms with E-state index in [1.54, 1.807) is 0 Å². The smallest absolute Gasteiger partial charge is 0.271 e. The molecule has 5 atom stereocenters. The summed E-state index contributed by atoms with van der Waals surface area (Å²) in [7, 11) is 0. The predicted octanol–water partition coefficient (Wildman–Crippen LogP) is 3.51. The lowest BCUT2D eigenvalue weighted by Gasteiger charge is -2.29. The van der Waals surface area contributed by atoms with Crippen LogP contribution in [0.5, 0.6) is 0 Å². The lowest BCUT2D eigenvalue weighted by atomic mass is 9.90. The Bertz CT molecular complexity index is 1360. The number of carbonyl (C=O) groups excluding carboxylic acids is 3. The van der Waals surface area contributed by atoms with Crippen molar-refractivity contribution in [2.75, 3.05) is 13.1 Å². The van der Waals surface area contributed by atoms with E-state index in [1.165, 1.54) is 0 Å². The summed E-state index contributed by atoms with van der Waals surface area (Å²) in [5.74, 6) is -8.77. The molecule has 3 heterocycles. The molecule has 38 heavy (non-hydrogen) atoms. The van der Waals surface area contributed by atoms with E-state index < -0.39 is 77.1 Å². The number of rotatable bonds is 5. The number of hydrogen-bond donors (Lipinski definition) is 3. The molecule has 3 fully saturated rings. The van der Waals surface area contributed by atoms with E-state index in [4.69, 9.17) is 11.6 Å². The highest BCUT2D eigenvalue weighted by Gasteiger charge is 2.58. The maximum atomic E-state index is 14.3. The Morgan fingerprint density at radius 2 is 2.03 bits per heavy atom. The third-order valence-corrected chi connectivity index (χ3v) is 8.15. The lowest BCUT2D eigenvalue weighted by Crippen LogP contribution is -2.52. The monoisotopic (exact) mass is 553 g/mol. The van der Waals surface area contributed by atoms with Crippen LogP contribution in [0.3, 0.4) is 0 Å². The number of H-pyrrole nitrogens is 1. The van der Waals surface area contributed by atoms with Gasteiger partial charge in [-0.25, -0.2) is 17.6 Å². The van der Waals surface area contributed by atoms with E-state index in [-0.39, 0.29) is 35.5 Å². The number of carbonyl (C=O) groups is 3. The molecule has 8 nitrogen and oxygen atoms in total. The van der Waals surface area contributed by atoms with Crippen LogP contribution in [0, 0.1) is 40.7 Å². The van der Waals surface area contributed by atoms with E-state index in [0.29, 0.717) is 19.0 Å². The van der Waals surface area contributed by atoms with Gasteiger partial charge < -0.3 is 20.5 Å². The molecule has 2 aliphatic heterocycles. The summed E-state index contributed by atoms with van der Waals surface area (Å²) in [6, 6.07) is 1.28. The molecule has 0 radical (unpaired) electrons. The molecule has 3 aliphatic rings. The molecule has 3 amide bonds. The van der Waals surface area contributed by atoms with E-state index in [0.717, 1.165) is 17.4 Å². The number of nitriles is 1. The largest absolute Gasteiger partial charge is 0.356 e. The quantitative estimate of drug-likeness (QED) is 0.388. The molecule has 0 bridgehead atoms. The first kappa shape index (κ1) is 26.3. The van der Waals surface area contributed by atoms with Gasteiger partial charge in [-0.15, -0.1) is 0 Å². The van der Waals surface area contributed by atoms with Gasteiger partial charge in [-0.2, -0.15) is 5.26 Å². The van der Waals surface area contributed by atoms with Crippen LogP contribution in [-0.4, -0.2) is 58.7 Å². The van der Waals surface area contributed by atoms with Crippen LogP contribution >= 0.6 is 11.6 Å². The van der Waals surface area contributed by atoms with E-state index >= 15 is 0 Å². The second kappa shape index (κ2) is 9.76. The molecule has 1 aliphatic carbocycles. The van der Waals surface area contributed by atoms with E-state index in [1.807, 2.05) is 6.07 Å². The first-order chi connectivity index (χ1) is 18.0. The van der Waals surface area contributed by atoms with Crippen molar-refractivity contribution in [1.29, 1.82) is 5.26 Å². The molecular formula is C25H24ClF4N5O3. The minimum Gasteiger partial charge on any atom is -0.356 e. The Balaban J connectivity index is 1.41. The third-order valence-electron chi connectivity index (χ3n) is 7.78. The minimum absolute atomic E-state index is 0.0460. The maximum absolute atomic E-state index is 14.3. The second-order valence-electron chi connectivity index (χ2n) is 10.3. The zero-order valence-electron chi connectivity index (χ0n) is 20.0. The fraction of sp³-hybridized carbons (Fsp3) is 0.520. The van der Waals surface area contributed by atoms with Gasteiger partial charge in [-0.3, -0.25) is 14.4 Å². The molecule has 0 unspecified atom stereocenters. The van der Waals surface area contributed by atoms with Gasteiger partial charge in [0.15, 0.2) is 0 Å². The first-order valence-corrected chi connectivity index (χ1v) is 12.7. The number of amides is 3. The molecule has 2 saturated heterocycles. The van der Waals surface area contributed by atoms with Crippen molar-refractivity contribution in [3.63, 3.8) is 0 Å². The van der Waals surface area contributed by atoms with Gasteiger partial charge in [0.1, 0.15) is 34.4 Å². The topological polar surface area (TPSA) is 118 Å². The molecule has 13 heteroatoms. The van der Waals surface area contributed by atoms with Crippen molar-refractivity contribution < 1.29 is 31.9 Å². The van der Waals surface area contributed by atoms with Crippen LogP contribution in [0.2, 0.25) is 5.02 Å². The number of alkyl halides is 2. The fourth-order valence-electron chi connectivity index (χ4n) is 6.05. The number of halogens is 5. The van der Waals surface area contributed by atoms with Gasteiger partial charge in [0.2, 0.25) is 17.7 Å². The third kappa shape index (κ3) is 4.68. The molecule has 1 aromatic heterocycles. The number of likely N-dealkylation sites (tertiary alicyclic amines) is 1. The molecule has 5 rings (SSSR count). The number of aromatic nitrogens is 1. The van der Waals surface area contributed by atoms with Crippen molar-refractivity contribution >= 4 is 40.2 Å². The maximum Gasteiger partial charge on any atom is 0.271 e. The lowest BCUT2D eigenvalue weighted by molar-refractivity contribution is -0.129. The van der Waals surface area contributed by atoms with Gasteiger partial charge in [-0.05, 0) is 37.2 Å². The number of aromatic amines is 1. The Labute approximate surface area is 219 Å². The summed E-state index contributed by atoms with van der Waals surface area (Å²) >= 11 is 5.92. The second-order valence-corrected chi connectivity index (χ2v) is 10.7. The number of benzene rings is 1. The zero-order chi connectivity index (χ0) is 27.4. The highest BCUT2D eigenvalue weighted by Crippen LogP contribution is 2.50. The number of nitrogens with one attached hydrogen (secondary N) is 3. The first-order valence-electron chi connectivity index (χ1n) is 12.3. The summed E-state index contributed by atoms with van der Waals surface area (Å²) in [4.78, 5) is 42.8. The fourth-order valence-corrected chi connectivity index (χ4v) is 6.25. The van der Waals surface area contributed by atoms with Gasteiger partial charge >= 0.3 is 0 Å². The van der Waals surface area contributed by atoms with Crippen LogP contribution in [-0.2, 0) is 9.59 Å². The number of piperidine rings is 1. The van der Waals surface area contributed by atoms with E-state index in [2.05, 4.69) is 15.6 Å². The summed E-state index contributed by atoms with van der Waals surface area (Å²) < 4.78 is 56.8. The Morgan fingerprint density at radius 3 is 2.74 bits per heavy atom. The van der Waals surface area contributed by atoms with Gasteiger partial charge in [0, 0.05) is 43.3 Å². The highest BCUT2D eigenvalue weighted by molar-refractivity contribution is 6.35. The van der Waals surface area contributed by atoms with Crippen molar-refractivity contribution in [3.05, 3.63) is 34.5 Å². The van der Waals surface area contributed by atoms with Crippen LogP contribution in [0.25, 0.3) is 10.9 Å². The molecule has 1 saturated carbocycles. The molecule has 202 valence electrons. The SMILES string of the molecule is N#C[C@@H](C[C@H]1CCCNC1=O)NC(=O)[C@H]1[C@@H]2CC(F)(F)C[C@@H]2CN1C(=O)c1cc2c(F)cc(F)c(Cl)c2[nH]1. The van der Waals surface area contributed by atoms with Crippen LogP contribution < -0.4 is 10.6 Å². The Morgan fingerprint density at radius 1 is 1.26 bits per heavy atom. The normalized spacial score (nSPS) is 27.1. The number of fused-ring (bicyclic) bond motifs is 2. The summed E-state index contributed by atoms with van der Waals surface area (Å²) in [6.07, 6.45) is 0.203. The molecule has 0 spiro atoms. The standard InChI is InChI=1S/C25H24ClF4N5O3/c26-19-17(28)6-16(27)14-5-18(34-20(14)19)24(38)35-10-12-7-25(29,30)8-15(12)21(35)23(37)33-13(9-31)4-11-2-1-3-32-22(11)36/h5-6,11-13,15,21,34H,1-4,7-8,10H2,(H,32,36)(H,33,37)/t11-,12-,13-,15-,21-/m1/s1. The van der Waals surface area contributed by atoms with Crippen molar-refractivity contribution in [1.82, 2.24) is 20.5 Å². The molecule has 1 aromatic carbocycles. The van der Waals surface area contributed by atoms with Gasteiger partial charge in [-0.1, -0.05) is 11.6 Å².